The molecule has 0 saturated carbocycles. The fraction of sp³-hybridized carbons (Fsp3) is 0.600. The van der Waals surface area contributed by atoms with E-state index < -0.39 is 0 Å². The van der Waals surface area contributed by atoms with E-state index in [4.69, 9.17) is 5.11 Å². The van der Waals surface area contributed by atoms with Crippen molar-refractivity contribution in [1.82, 2.24) is 4.90 Å². The molecule has 106 valence electrons. The summed E-state index contributed by atoms with van der Waals surface area (Å²) in [6.07, 6.45) is 0.748. The number of halogens is 1. The summed E-state index contributed by atoms with van der Waals surface area (Å²) >= 11 is 0. The molecular weight excluding hydrogens is 243 g/mol. The SMILES string of the molecule is CN1CC(C)(C)N(c2cccc(F)c2)CC1CCO. The van der Waals surface area contributed by atoms with Gasteiger partial charge in [0, 0.05) is 37.0 Å². The van der Waals surface area contributed by atoms with Crippen LogP contribution in [-0.4, -0.2) is 48.3 Å². The summed E-state index contributed by atoms with van der Waals surface area (Å²) in [5.74, 6) is -0.203. The van der Waals surface area contributed by atoms with Gasteiger partial charge in [-0.2, -0.15) is 0 Å². The van der Waals surface area contributed by atoms with Crippen LogP contribution in [0.2, 0.25) is 0 Å². The predicted octanol–water partition coefficient (Wildman–Crippen LogP) is 2.11. The minimum Gasteiger partial charge on any atom is -0.396 e. The lowest BCUT2D eigenvalue weighted by atomic mass is 9.94. The van der Waals surface area contributed by atoms with Gasteiger partial charge in [-0.3, -0.25) is 4.90 Å². The van der Waals surface area contributed by atoms with Gasteiger partial charge in [0.1, 0.15) is 5.82 Å². The molecule has 2 rings (SSSR count). The summed E-state index contributed by atoms with van der Waals surface area (Å²) in [5, 5.41) is 9.16. The van der Waals surface area contributed by atoms with Crippen LogP contribution in [0.1, 0.15) is 20.3 Å². The Hall–Kier alpha value is -1.13. The first kappa shape index (κ1) is 14.3. The number of benzene rings is 1. The number of piperazine rings is 1. The largest absolute Gasteiger partial charge is 0.396 e. The van der Waals surface area contributed by atoms with Crippen molar-refractivity contribution >= 4 is 5.69 Å². The van der Waals surface area contributed by atoms with Crippen molar-refractivity contribution in [3.63, 3.8) is 0 Å². The average molecular weight is 266 g/mol. The molecule has 0 amide bonds. The summed E-state index contributed by atoms with van der Waals surface area (Å²) in [6, 6.07) is 7.06. The lowest BCUT2D eigenvalue weighted by Gasteiger charge is -2.51. The molecule has 1 heterocycles. The molecule has 1 fully saturated rings. The zero-order valence-electron chi connectivity index (χ0n) is 11.9. The minimum absolute atomic E-state index is 0.0471. The maximum Gasteiger partial charge on any atom is 0.125 e. The van der Waals surface area contributed by atoms with Gasteiger partial charge in [0.05, 0.1) is 0 Å². The lowest BCUT2D eigenvalue weighted by Crippen LogP contribution is -2.62. The summed E-state index contributed by atoms with van der Waals surface area (Å²) in [7, 11) is 2.09. The maximum absolute atomic E-state index is 13.4. The minimum atomic E-state index is -0.203. The molecule has 1 aromatic carbocycles. The molecule has 0 spiro atoms. The molecule has 1 atom stereocenters. The Morgan fingerprint density at radius 3 is 2.79 bits per heavy atom. The van der Waals surface area contributed by atoms with Gasteiger partial charge in [-0.25, -0.2) is 4.39 Å². The van der Waals surface area contributed by atoms with Crippen molar-refractivity contribution in [2.24, 2.45) is 0 Å². The first-order valence-corrected chi connectivity index (χ1v) is 6.78. The molecule has 4 heteroatoms. The van der Waals surface area contributed by atoms with Gasteiger partial charge in [0.25, 0.3) is 0 Å². The molecule has 3 nitrogen and oxygen atoms in total. The van der Waals surface area contributed by atoms with Crippen molar-refractivity contribution in [2.75, 3.05) is 31.6 Å². The Balaban J connectivity index is 2.26. The van der Waals surface area contributed by atoms with Crippen molar-refractivity contribution < 1.29 is 9.50 Å². The van der Waals surface area contributed by atoms with Gasteiger partial charge >= 0.3 is 0 Å². The molecule has 0 aliphatic carbocycles. The second kappa shape index (κ2) is 5.47. The predicted molar refractivity (Wildman–Crippen MR) is 75.9 cm³/mol. The van der Waals surface area contributed by atoms with Gasteiger partial charge in [-0.1, -0.05) is 6.07 Å². The molecule has 1 saturated heterocycles. The number of hydrogen-bond acceptors (Lipinski definition) is 3. The smallest absolute Gasteiger partial charge is 0.125 e. The van der Waals surface area contributed by atoms with E-state index in [-0.39, 0.29) is 18.0 Å². The zero-order valence-corrected chi connectivity index (χ0v) is 11.9. The summed E-state index contributed by atoms with van der Waals surface area (Å²) in [6.45, 7) is 6.24. The van der Waals surface area contributed by atoms with Crippen molar-refractivity contribution in [3.05, 3.63) is 30.1 Å². The highest BCUT2D eigenvalue weighted by atomic mass is 19.1. The Kier molecular flexibility index (Phi) is 4.11. The Morgan fingerprint density at radius 2 is 2.16 bits per heavy atom. The van der Waals surface area contributed by atoms with Gasteiger partial charge in [-0.05, 0) is 45.5 Å². The van der Waals surface area contributed by atoms with Crippen LogP contribution in [0.15, 0.2) is 24.3 Å². The van der Waals surface area contributed by atoms with Gasteiger partial charge < -0.3 is 10.0 Å². The molecule has 1 unspecified atom stereocenters. The van der Waals surface area contributed by atoms with Gasteiger partial charge in [0.15, 0.2) is 0 Å². The third-order valence-corrected chi connectivity index (χ3v) is 3.97. The van der Waals surface area contributed by atoms with Crippen molar-refractivity contribution in [2.45, 2.75) is 31.8 Å². The van der Waals surface area contributed by atoms with Crippen LogP contribution in [-0.2, 0) is 0 Å². The topological polar surface area (TPSA) is 26.7 Å². The standard InChI is InChI=1S/C15H23FN2O/c1-15(2)11-17(3)14(7-8-19)10-18(15)13-6-4-5-12(16)9-13/h4-6,9,14,19H,7-8,10-11H2,1-3H3. The fourth-order valence-electron chi connectivity index (χ4n) is 2.98. The summed E-state index contributed by atoms with van der Waals surface area (Å²) in [4.78, 5) is 4.53. The molecule has 0 bridgehead atoms. The van der Waals surface area contributed by atoms with E-state index in [1.807, 2.05) is 6.07 Å². The molecule has 1 aliphatic heterocycles. The molecule has 1 aromatic rings. The van der Waals surface area contributed by atoms with E-state index in [2.05, 4.69) is 30.7 Å². The molecule has 0 radical (unpaired) electrons. The van der Waals surface area contributed by atoms with Crippen molar-refractivity contribution in [3.8, 4) is 0 Å². The lowest BCUT2D eigenvalue weighted by molar-refractivity contribution is 0.125. The Labute approximate surface area is 114 Å². The van der Waals surface area contributed by atoms with E-state index >= 15 is 0 Å². The van der Waals surface area contributed by atoms with E-state index in [0.717, 1.165) is 25.2 Å². The second-order valence-corrected chi connectivity index (χ2v) is 5.98. The Bertz CT molecular complexity index is 436. The fourth-order valence-corrected chi connectivity index (χ4v) is 2.98. The summed E-state index contributed by atoms with van der Waals surface area (Å²) in [5.41, 5.74) is 0.871. The molecule has 1 N–H and O–H groups in total. The number of nitrogens with zero attached hydrogens (tertiary/aromatic N) is 2. The van der Waals surface area contributed by atoms with E-state index in [9.17, 15) is 4.39 Å². The quantitative estimate of drug-likeness (QED) is 0.907. The van der Waals surface area contributed by atoms with Gasteiger partial charge in [-0.15, -0.1) is 0 Å². The molecule has 1 aliphatic rings. The number of aliphatic hydroxyl groups excluding tert-OH is 1. The number of rotatable bonds is 3. The van der Waals surface area contributed by atoms with Crippen LogP contribution in [0.25, 0.3) is 0 Å². The first-order valence-electron chi connectivity index (χ1n) is 6.78. The first-order chi connectivity index (χ1) is 8.94. The van der Waals surface area contributed by atoms with Crippen LogP contribution in [0.5, 0.6) is 0 Å². The second-order valence-electron chi connectivity index (χ2n) is 5.98. The average Bonchev–Trinajstić information content (AvgIpc) is 2.32. The third kappa shape index (κ3) is 3.07. The molecule has 19 heavy (non-hydrogen) atoms. The van der Waals surface area contributed by atoms with Gasteiger partial charge in [0.2, 0.25) is 0 Å². The number of aliphatic hydroxyl groups is 1. The number of hydrogen-bond donors (Lipinski definition) is 1. The normalized spacial score (nSPS) is 23.6. The highest BCUT2D eigenvalue weighted by Gasteiger charge is 2.37. The van der Waals surface area contributed by atoms with Crippen molar-refractivity contribution in [1.29, 1.82) is 0 Å². The zero-order chi connectivity index (χ0) is 14.0. The van der Waals surface area contributed by atoms with Crippen LogP contribution >= 0.6 is 0 Å². The van der Waals surface area contributed by atoms with E-state index in [1.165, 1.54) is 6.07 Å². The van der Waals surface area contributed by atoms with E-state index in [0.29, 0.717) is 6.04 Å². The molecule has 0 aromatic heterocycles. The molecular formula is C15H23FN2O. The summed E-state index contributed by atoms with van der Waals surface area (Å²) < 4.78 is 13.4. The van der Waals surface area contributed by atoms with Crippen LogP contribution in [0.4, 0.5) is 10.1 Å². The van der Waals surface area contributed by atoms with Crippen LogP contribution < -0.4 is 4.90 Å². The van der Waals surface area contributed by atoms with Crippen LogP contribution in [0, 0.1) is 5.82 Å². The van der Waals surface area contributed by atoms with Crippen LogP contribution in [0.3, 0.4) is 0 Å². The maximum atomic E-state index is 13.4. The Morgan fingerprint density at radius 1 is 1.42 bits per heavy atom. The highest BCUT2D eigenvalue weighted by molar-refractivity contribution is 5.50. The highest BCUT2D eigenvalue weighted by Crippen LogP contribution is 2.30. The number of anilines is 1. The monoisotopic (exact) mass is 266 g/mol. The number of likely N-dealkylation sites (N-methyl/N-ethyl adjacent to an activating group) is 1. The third-order valence-electron chi connectivity index (χ3n) is 3.97. The van der Waals surface area contributed by atoms with E-state index in [1.54, 1.807) is 12.1 Å².